The van der Waals surface area contributed by atoms with E-state index in [2.05, 4.69) is 12.2 Å². The zero-order valence-electron chi connectivity index (χ0n) is 8.18. The van der Waals surface area contributed by atoms with Crippen molar-refractivity contribution < 1.29 is 4.79 Å². The zero-order valence-corrected chi connectivity index (χ0v) is 8.18. The molecule has 1 aliphatic rings. The Morgan fingerprint density at radius 1 is 1.33 bits per heavy atom. The van der Waals surface area contributed by atoms with Crippen LogP contribution in [0.1, 0.15) is 26.2 Å². The molecule has 0 atom stereocenters. The van der Waals surface area contributed by atoms with Crippen molar-refractivity contribution >= 4 is 6.41 Å². The van der Waals surface area contributed by atoms with Crippen molar-refractivity contribution in [1.82, 2.24) is 10.2 Å². The lowest BCUT2D eigenvalue weighted by Crippen LogP contribution is -2.27. The lowest BCUT2D eigenvalue weighted by atomic mass is 10.1. The average molecular weight is 172 g/mol. The van der Waals surface area contributed by atoms with Crippen molar-refractivity contribution in [3.05, 3.63) is 0 Å². The molecule has 0 aromatic rings. The summed E-state index contributed by atoms with van der Waals surface area (Å²) in [7, 11) is 1.93. The van der Waals surface area contributed by atoms with E-state index in [0.29, 0.717) is 0 Å². The number of nitrogens with one attached hydrogen (secondary N) is 1. The lowest BCUT2D eigenvalue weighted by Gasteiger charge is -2.21. The fraction of sp³-hybridized carbons (Fsp3) is 0.889. The zero-order chi connectivity index (χ0) is 9.23. The predicted octanol–water partition coefficient (Wildman–Crippen LogP) is 0.854. The van der Waals surface area contributed by atoms with Crippen LogP contribution in [0.2, 0.25) is 0 Å². The standard InChI is InChI=1S/C6H11NO.C3H9N/c8-6-7-4-2-1-3-5-7;1-3-4-2/h6H,1-5H2;4H,3H2,1-2H3. The van der Waals surface area contributed by atoms with Crippen LogP contribution in [-0.4, -0.2) is 38.0 Å². The number of hydrogen-bond donors (Lipinski definition) is 1. The van der Waals surface area contributed by atoms with Gasteiger partial charge in [0.25, 0.3) is 0 Å². The fourth-order valence-corrected chi connectivity index (χ4v) is 1.02. The quantitative estimate of drug-likeness (QED) is 0.626. The summed E-state index contributed by atoms with van der Waals surface area (Å²) in [6.45, 7) is 5.09. The van der Waals surface area contributed by atoms with Crippen molar-refractivity contribution in [1.29, 1.82) is 0 Å². The molecule has 1 amide bonds. The number of nitrogens with zero attached hydrogens (tertiary/aromatic N) is 1. The first-order valence-corrected chi connectivity index (χ1v) is 4.69. The Hall–Kier alpha value is -0.570. The molecular weight excluding hydrogens is 152 g/mol. The van der Waals surface area contributed by atoms with E-state index in [9.17, 15) is 4.79 Å². The molecular formula is C9H20N2O. The van der Waals surface area contributed by atoms with Crippen LogP contribution in [0.25, 0.3) is 0 Å². The van der Waals surface area contributed by atoms with E-state index in [1.54, 1.807) is 0 Å². The van der Waals surface area contributed by atoms with Crippen LogP contribution in [0, 0.1) is 0 Å². The molecule has 1 heterocycles. The molecule has 3 heteroatoms. The Labute approximate surface area is 75.1 Å². The first-order valence-electron chi connectivity index (χ1n) is 4.69. The molecule has 0 saturated carbocycles. The summed E-state index contributed by atoms with van der Waals surface area (Å²) in [6, 6.07) is 0. The summed E-state index contributed by atoms with van der Waals surface area (Å²) in [6.07, 6.45) is 4.63. The average Bonchev–Trinajstić information content (AvgIpc) is 2.19. The van der Waals surface area contributed by atoms with Gasteiger partial charge in [0.15, 0.2) is 0 Å². The van der Waals surface area contributed by atoms with E-state index in [1.807, 2.05) is 11.9 Å². The fourth-order valence-electron chi connectivity index (χ4n) is 1.02. The van der Waals surface area contributed by atoms with Gasteiger partial charge in [0.2, 0.25) is 6.41 Å². The van der Waals surface area contributed by atoms with Crippen molar-refractivity contribution in [2.24, 2.45) is 0 Å². The van der Waals surface area contributed by atoms with Gasteiger partial charge in [0.1, 0.15) is 0 Å². The van der Waals surface area contributed by atoms with Gasteiger partial charge in [-0.3, -0.25) is 4.79 Å². The maximum atomic E-state index is 10.1. The third kappa shape index (κ3) is 6.16. The summed E-state index contributed by atoms with van der Waals surface area (Å²) >= 11 is 0. The van der Waals surface area contributed by atoms with Gasteiger partial charge in [-0.15, -0.1) is 0 Å². The minimum atomic E-state index is 0.944. The second kappa shape index (κ2) is 8.53. The molecule has 12 heavy (non-hydrogen) atoms. The molecule has 0 aromatic heterocycles. The number of carbonyl (C=O) groups is 1. The van der Waals surface area contributed by atoms with Crippen LogP contribution >= 0.6 is 0 Å². The van der Waals surface area contributed by atoms with E-state index >= 15 is 0 Å². The van der Waals surface area contributed by atoms with Gasteiger partial charge in [-0.1, -0.05) is 6.92 Å². The van der Waals surface area contributed by atoms with Gasteiger partial charge in [-0.25, -0.2) is 0 Å². The van der Waals surface area contributed by atoms with Gasteiger partial charge in [-0.05, 0) is 32.9 Å². The van der Waals surface area contributed by atoms with E-state index in [4.69, 9.17) is 0 Å². The number of piperidine rings is 1. The molecule has 0 aromatic carbocycles. The first kappa shape index (κ1) is 11.4. The first-order chi connectivity index (χ1) is 5.85. The molecule has 1 saturated heterocycles. The smallest absolute Gasteiger partial charge is 0.209 e. The largest absolute Gasteiger partial charge is 0.345 e. The molecule has 1 rings (SSSR count). The summed E-state index contributed by atoms with van der Waals surface area (Å²) < 4.78 is 0. The summed E-state index contributed by atoms with van der Waals surface area (Å²) in [4.78, 5) is 11.9. The molecule has 72 valence electrons. The minimum absolute atomic E-state index is 0.944. The summed E-state index contributed by atoms with van der Waals surface area (Å²) in [5, 5.41) is 2.93. The predicted molar refractivity (Wildman–Crippen MR) is 51.1 cm³/mol. The second-order valence-corrected chi connectivity index (χ2v) is 2.91. The lowest BCUT2D eigenvalue weighted by molar-refractivity contribution is -0.118. The molecule has 0 spiro atoms. The highest BCUT2D eigenvalue weighted by atomic mass is 16.1. The van der Waals surface area contributed by atoms with Crippen molar-refractivity contribution in [3.63, 3.8) is 0 Å². The molecule has 1 fully saturated rings. The van der Waals surface area contributed by atoms with E-state index in [-0.39, 0.29) is 0 Å². The Kier molecular flexibility index (Phi) is 8.12. The van der Waals surface area contributed by atoms with Crippen LogP contribution in [0.15, 0.2) is 0 Å². The van der Waals surface area contributed by atoms with Crippen LogP contribution in [-0.2, 0) is 4.79 Å². The third-order valence-corrected chi connectivity index (χ3v) is 1.89. The summed E-state index contributed by atoms with van der Waals surface area (Å²) in [5.74, 6) is 0. The van der Waals surface area contributed by atoms with E-state index in [1.165, 1.54) is 19.3 Å². The van der Waals surface area contributed by atoms with Crippen LogP contribution in [0.5, 0.6) is 0 Å². The van der Waals surface area contributed by atoms with Crippen molar-refractivity contribution in [2.75, 3.05) is 26.7 Å². The van der Waals surface area contributed by atoms with Crippen LogP contribution in [0.4, 0.5) is 0 Å². The highest BCUT2D eigenvalue weighted by Crippen LogP contribution is 2.05. The number of carbonyl (C=O) groups excluding carboxylic acids is 1. The number of hydrogen-bond acceptors (Lipinski definition) is 2. The van der Waals surface area contributed by atoms with Gasteiger partial charge < -0.3 is 10.2 Å². The van der Waals surface area contributed by atoms with Crippen molar-refractivity contribution in [2.45, 2.75) is 26.2 Å². The van der Waals surface area contributed by atoms with Gasteiger partial charge in [0.05, 0.1) is 0 Å². The molecule has 0 bridgehead atoms. The third-order valence-electron chi connectivity index (χ3n) is 1.89. The molecule has 1 N–H and O–H groups in total. The highest BCUT2D eigenvalue weighted by Gasteiger charge is 2.05. The van der Waals surface area contributed by atoms with E-state index in [0.717, 1.165) is 26.0 Å². The maximum absolute atomic E-state index is 10.1. The van der Waals surface area contributed by atoms with Gasteiger partial charge in [-0.2, -0.15) is 0 Å². The maximum Gasteiger partial charge on any atom is 0.209 e. The topological polar surface area (TPSA) is 32.3 Å². The highest BCUT2D eigenvalue weighted by molar-refractivity contribution is 5.46. The Balaban J connectivity index is 0.000000261. The molecule has 0 aliphatic carbocycles. The second-order valence-electron chi connectivity index (χ2n) is 2.91. The number of rotatable bonds is 2. The monoisotopic (exact) mass is 172 g/mol. The minimum Gasteiger partial charge on any atom is -0.345 e. The SMILES string of the molecule is CCNC.O=CN1CCCCC1. The van der Waals surface area contributed by atoms with E-state index < -0.39 is 0 Å². The number of amides is 1. The summed E-state index contributed by atoms with van der Waals surface area (Å²) in [5.41, 5.74) is 0. The van der Waals surface area contributed by atoms with Crippen molar-refractivity contribution in [3.8, 4) is 0 Å². The van der Waals surface area contributed by atoms with Crippen LogP contribution in [0.3, 0.4) is 0 Å². The molecule has 0 unspecified atom stereocenters. The normalized spacial score (nSPS) is 16.3. The Morgan fingerprint density at radius 3 is 2.08 bits per heavy atom. The Morgan fingerprint density at radius 2 is 1.83 bits per heavy atom. The van der Waals surface area contributed by atoms with Gasteiger partial charge >= 0.3 is 0 Å². The van der Waals surface area contributed by atoms with Gasteiger partial charge in [0, 0.05) is 13.1 Å². The molecule has 0 radical (unpaired) electrons. The van der Waals surface area contributed by atoms with Crippen LogP contribution < -0.4 is 5.32 Å². The molecule has 3 nitrogen and oxygen atoms in total. The number of likely N-dealkylation sites (tertiary alicyclic amines) is 1. The Bertz CT molecular complexity index is 98.7. The molecule has 1 aliphatic heterocycles.